The summed E-state index contributed by atoms with van der Waals surface area (Å²) in [6, 6.07) is 4.91. The third-order valence-electron chi connectivity index (χ3n) is 2.73. The molecule has 1 amide bonds. The molecule has 5 heteroatoms. The smallest absolute Gasteiger partial charge is 0.275 e. The van der Waals surface area contributed by atoms with Crippen molar-refractivity contribution in [3.63, 3.8) is 0 Å². The molecule has 0 radical (unpaired) electrons. The molecule has 0 saturated heterocycles. The van der Waals surface area contributed by atoms with Gasteiger partial charge in [0, 0.05) is 7.05 Å². The first-order valence-electron chi connectivity index (χ1n) is 6.45. The summed E-state index contributed by atoms with van der Waals surface area (Å²) in [5, 5.41) is 14.9. The zero-order chi connectivity index (χ0) is 15.3. The van der Waals surface area contributed by atoms with Crippen molar-refractivity contribution in [1.29, 1.82) is 0 Å². The first kappa shape index (κ1) is 15.8. The van der Waals surface area contributed by atoms with E-state index in [0.717, 1.165) is 5.56 Å². The van der Waals surface area contributed by atoms with Crippen molar-refractivity contribution in [2.24, 2.45) is 5.10 Å². The fourth-order valence-electron chi connectivity index (χ4n) is 1.77. The Hall–Kier alpha value is -2.30. The molecule has 0 fully saturated rings. The van der Waals surface area contributed by atoms with Gasteiger partial charge in [0.2, 0.25) is 0 Å². The quantitative estimate of drug-likeness (QED) is 0.845. The molecular formula is C15H20N2O3. The lowest BCUT2D eigenvalue weighted by molar-refractivity contribution is -0.124. The van der Waals surface area contributed by atoms with Crippen molar-refractivity contribution in [2.75, 3.05) is 14.2 Å². The van der Waals surface area contributed by atoms with E-state index in [1.165, 1.54) is 18.2 Å². The van der Waals surface area contributed by atoms with Crippen LogP contribution in [0, 0.1) is 0 Å². The van der Waals surface area contributed by atoms with Crippen LogP contribution in [-0.2, 0) is 4.79 Å². The zero-order valence-corrected chi connectivity index (χ0v) is 12.5. The van der Waals surface area contributed by atoms with Gasteiger partial charge in [-0.1, -0.05) is 19.9 Å². The topological polar surface area (TPSA) is 62.1 Å². The molecule has 1 aromatic carbocycles. The number of rotatable bonds is 2. The second-order valence-electron chi connectivity index (χ2n) is 4.00. The van der Waals surface area contributed by atoms with E-state index >= 15 is 0 Å². The number of amides is 1. The van der Waals surface area contributed by atoms with Crippen LogP contribution in [0.4, 0.5) is 0 Å². The van der Waals surface area contributed by atoms with Crippen molar-refractivity contribution in [3.05, 3.63) is 29.3 Å². The highest BCUT2D eigenvalue weighted by atomic mass is 16.5. The van der Waals surface area contributed by atoms with Crippen LogP contribution in [-0.4, -0.2) is 35.9 Å². The van der Waals surface area contributed by atoms with E-state index in [0.29, 0.717) is 17.0 Å². The average Bonchev–Trinajstić information content (AvgIpc) is 2.69. The number of likely N-dealkylation sites (N-methyl/N-ethyl adjacent to an activating group) is 1. The summed E-state index contributed by atoms with van der Waals surface area (Å²) >= 11 is 0. The maximum absolute atomic E-state index is 11.8. The number of aromatic hydroxyl groups is 1. The van der Waals surface area contributed by atoms with E-state index in [9.17, 15) is 9.90 Å². The molecule has 1 N–H and O–H groups in total. The lowest BCUT2D eigenvalue weighted by Crippen LogP contribution is -2.16. The normalized spacial score (nSPS) is 15.8. The molecule has 1 heterocycles. The standard InChI is InChI=1S/C13H14N2O3.C2H6/c1-8-10(13(17)15(2)14-8)6-9-4-5-11(16)12(7-9)18-3;1-2/h4-7,16H,1-3H3;1-2H3/b10-6-;. The third-order valence-corrected chi connectivity index (χ3v) is 2.73. The molecule has 0 atom stereocenters. The highest BCUT2D eigenvalue weighted by molar-refractivity contribution is 6.26. The summed E-state index contributed by atoms with van der Waals surface area (Å²) < 4.78 is 5.02. The number of phenols is 1. The minimum Gasteiger partial charge on any atom is -0.504 e. The van der Waals surface area contributed by atoms with Gasteiger partial charge in [0.05, 0.1) is 18.4 Å². The van der Waals surface area contributed by atoms with Gasteiger partial charge in [-0.2, -0.15) is 5.10 Å². The Balaban J connectivity index is 0.000000956. The van der Waals surface area contributed by atoms with Gasteiger partial charge in [-0.25, -0.2) is 5.01 Å². The molecule has 5 nitrogen and oxygen atoms in total. The predicted octanol–water partition coefficient (Wildman–Crippen LogP) is 2.66. The number of phenolic OH excluding ortho intramolecular Hbond substituents is 1. The molecule has 108 valence electrons. The lowest BCUT2D eigenvalue weighted by Gasteiger charge is -2.05. The summed E-state index contributed by atoms with van der Waals surface area (Å²) in [6.07, 6.45) is 1.73. The fraction of sp³-hybridized carbons (Fsp3) is 0.333. The maximum atomic E-state index is 11.8. The number of hydrogen-bond donors (Lipinski definition) is 1. The van der Waals surface area contributed by atoms with Crippen LogP contribution in [0.3, 0.4) is 0 Å². The van der Waals surface area contributed by atoms with E-state index in [-0.39, 0.29) is 11.7 Å². The fourth-order valence-corrected chi connectivity index (χ4v) is 1.77. The van der Waals surface area contributed by atoms with Gasteiger partial charge in [0.15, 0.2) is 11.5 Å². The first-order chi connectivity index (χ1) is 9.52. The van der Waals surface area contributed by atoms with E-state index in [1.54, 1.807) is 32.2 Å². The number of benzene rings is 1. The van der Waals surface area contributed by atoms with E-state index in [4.69, 9.17) is 4.74 Å². The summed E-state index contributed by atoms with van der Waals surface area (Å²) in [5.41, 5.74) is 2.00. The van der Waals surface area contributed by atoms with Crippen LogP contribution in [0.1, 0.15) is 26.3 Å². The van der Waals surface area contributed by atoms with Crippen molar-refractivity contribution in [1.82, 2.24) is 5.01 Å². The highest BCUT2D eigenvalue weighted by Crippen LogP contribution is 2.28. The number of carbonyl (C=O) groups is 1. The van der Waals surface area contributed by atoms with Gasteiger partial charge < -0.3 is 9.84 Å². The first-order valence-corrected chi connectivity index (χ1v) is 6.45. The lowest BCUT2D eigenvalue weighted by atomic mass is 10.1. The van der Waals surface area contributed by atoms with E-state index in [2.05, 4.69) is 5.10 Å². The van der Waals surface area contributed by atoms with Crippen molar-refractivity contribution in [3.8, 4) is 11.5 Å². The summed E-state index contributed by atoms with van der Waals surface area (Å²) in [7, 11) is 3.09. The third kappa shape index (κ3) is 3.17. The molecule has 0 unspecified atom stereocenters. The number of methoxy groups -OCH3 is 1. The Bertz CT molecular complexity index is 562. The number of ether oxygens (including phenoxy) is 1. The molecule has 1 aromatic rings. The van der Waals surface area contributed by atoms with Crippen LogP contribution < -0.4 is 4.74 Å². The van der Waals surface area contributed by atoms with Crippen LogP contribution in [0.25, 0.3) is 6.08 Å². The van der Waals surface area contributed by atoms with Crippen LogP contribution in [0.5, 0.6) is 11.5 Å². The number of hydrogen-bond acceptors (Lipinski definition) is 4. The summed E-state index contributed by atoms with van der Waals surface area (Å²) in [4.78, 5) is 11.8. The highest BCUT2D eigenvalue weighted by Gasteiger charge is 2.24. The van der Waals surface area contributed by atoms with Crippen LogP contribution >= 0.6 is 0 Å². The predicted molar refractivity (Wildman–Crippen MR) is 79.9 cm³/mol. The van der Waals surface area contributed by atoms with Gasteiger partial charge in [0.1, 0.15) is 0 Å². The van der Waals surface area contributed by atoms with Crippen molar-refractivity contribution >= 4 is 17.7 Å². The molecule has 0 aliphatic carbocycles. The molecule has 0 spiro atoms. The molecule has 0 bridgehead atoms. The number of carbonyl (C=O) groups excluding carboxylic acids is 1. The van der Waals surface area contributed by atoms with Crippen LogP contribution in [0.15, 0.2) is 28.9 Å². The Morgan fingerprint density at radius 3 is 2.50 bits per heavy atom. The molecule has 2 rings (SSSR count). The van der Waals surface area contributed by atoms with Gasteiger partial charge in [-0.05, 0) is 30.7 Å². The van der Waals surface area contributed by atoms with Crippen LogP contribution in [0.2, 0.25) is 0 Å². The van der Waals surface area contributed by atoms with Gasteiger partial charge in [-0.3, -0.25) is 4.79 Å². The number of hydrazone groups is 1. The maximum Gasteiger partial charge on any atom is 0.275 e. The second-order valence-corrected chi connectivity index (χ2v) is 4.00. The van der Waals surface area contributed by atoms with Crippen molar-refractivity contribution in [2.45, 2.75) is 20.8 Å². The largest absolute Gasteiger partial charge is 0.504 e. The van der Waals surface area contributed by atoms with Gasteiger partial charge in [0.25, 0.3) is 5.91 Å². The molecule has 1 aliphatic rings. The molecule has 1 aliphatic heterocycles. The van der Waals surface area contributed by atoms with Gasteiger partial charge in [-0.15, -0.1) is 0 Å². The van der Waals surface area contributed by atoms with E-state index < -0.39 is 0 Å². The molecule has 20 heavy (non-hydrogen) atoms. The van der Waals surface area contributed by atoms with Gasteiger partial charge >= 0.3 is 0 Å². The Labute approximate surface area is 119 Å². The second kappa shape index (κ2) is 6.75. The zero-order valence-electron chi connectivity index (χ0n) is 12.5. The molecule has 0 aromatic heterocycles. The summed E-state index contributed by atoms with van der Waals surface area (Å²) in [6.45, 7) is 5.78. The minimum absolute atomic E-state index is 0.0694. The average molecular weight is 276 g/mol. The van der Waals surface area contributed by atoms with Crippen molar-refractivity contribution < 1.29 is 14.6 Å². The Kier molecular flexibility index (Phi) is 5.32. The molecular weight excluding hydrogens is 256 g/mol. The van der Waals surface area contributed by atoms with E-state index in [1.807, 2.05) is 13.8 Å². The summed E-state index contributed by atoms with van der Waals surface area (Å²) in [5.74, 6) is 0.303. The monoisotopic (exact) mass is 276 g/mol. The molecule has 0 saturated carbocycles. The Morgan fingerprint density at radius 2 is 2.00 bits per heavy atom. The number of nitrogens with zero attached hydrogens (tertiary/aromatic N) is 2. The minimum atomic E-state index is -0.139. The SMILES string of the molecule is CC.COc1cc(/C=C2\C(=O)N(C)N=C2C)ccc1O. The Morgan fingerprint density at radius 1 is 1.35 bits per heavy atom.